The Bertz CT molecular complexity index is 948. The van der Waals surface area contributed by atoms with Crippen molar-refractivity contribution in [3.63, 3.8) is 0 Å². The van der Waals surface area contributed by atoms with E-state index in [-0.39, 0.29) is 20.1 Å². The molecule has 0 amide bonds. The van der Waals surface area contributed by atoms with Crippen LogP contribution in [0.25, 0.3) is 10.8 Å². The Labute approximate surface area is 167 Å². The predicted molar refractivity (Wildman–Crippen MR) is 104 cm³/mol. The fraction of sp³-hybridized carbons (Fsp3) is 0. The number of benzene rings is 4. The molecule has 0 N–H and O–H groups in total. The zero-order chi connectivity index (χ0) is 16.6. The summed E-state index contributed by atoms with van der Waals surface area (Å²) in [5, 5.41) is 2.49. The largest absolute Gasteiger partial charge is 0.493 e. The summed E-state index contributed by atoms with van der Waals surface area (Å²) in [5.74, 6) is 0. The molecule has 4 aromatic rings. The molecule has 3 heteroatoms. The van der Waals surface area contributed by atoms with Gasteiger partial charge < -0.3 is 9.80 Å². The molecule has 26 heavy (non-hydrogen) atoms. The summed E-state index contributed by atoms with van der Waals surface area (Å²) in [6.07, 6.45) is 0. The molecule has 5 rings (SSSR count). The summed E-state index contributed by atoms with van der Waals surface area (Å²) < 4.78 is 0. The summed E-state index contributed by atoms with van der Waals surface area (Å²) in [5.41, 5.74) is 4.54. The minimum Gasteiger partial charge on any atom is -0.493 e. The van der Waals surface area contributed by atoms with E-state index in [0.717, 1.165) is 11.4 Å². The molecule has 0 unspecified atom stereocenters. The van der Waals surface area contributed by atoms with E-state index in [1.165, 1.54) is 22.1 Å². The molecule has 4 aromatic carbocycles. The molecule has 1 heterocycles. The number of hydrogen-bond donors (Lipinski definition) is 0. The van der Waals surface area contributed by atoms with Crippen molar-refractivity contribution < 1.29 is 20.1 Å². The smallest absolute Gasteiger partial charge is 0.0351 e. The standard InChI is InChI=1S/C23H16N2.Ir/c1-3-11-20(12-4-1)24-17-25(21-13-5-2-6-14-21)23-16-19-10-8-7-9-18(19)15-22(23)24;/h1-13,15-17H;/q-2;. The first-order chi connectivity index (χ1) is 12.4. The minimum atomic E-state index is 0. The summed E-state index contributed by atoms with van der Waals surface area (Å²) in [4.78, 5) is 4.44. The van der Waals surface area contributed by atoms with E-state index in [1.54, 1.807) is 0 Å². The second-order valence-corrected chi connectivity index (χ2v) is 6.13. The first-order valence-electron chi connectivity index (χ1n) is 8.38. The van der Waals surface area contributed by atoms with Crippen molar-refractivity contribution in [3.05, 3.63) is 104 Å². The van der Waals surface area contributed by atoms with E-state index in [0.29, 0.717) is 0 Å². The Morgan fingerprint density at radius 1 is 0.654 bits per heavy atom. The second kappa shape index (κ2) is 6.95. The zero-order valence-corrected chi connectivity index (χ0v) is 16.4. The van der Waals surface area contributed by atoms with Gasteiger partial charge in [0.05, 0.1) is 0 Å². The summed E-state index contributed by atoms with van der Waals surface area (Å²) in [7, 11) is 0. The fourth-order valence-corrected chi connectivity index (χ4v) is 3.36. The molecule has 0 spiro atoms. The Morgan fingerprint density at radius 2 is 1.27 bits per heavy atom. The van der Waals surface area contributed by atoms with E-state index in [2.05, 4.69) is 89.3 Å². The number of nitrogens with zero attached hydrogens (tertiary/aromatic N) is 2. The maximum Gasteiger partial charge on any atom is 0.0351 e. The van der Waals surface area contributed by atoms with Gasteiger partial charge in [0.1, 0.15) is 0 Å². The predicted octanol–water partition coefficient (Wildman–Crippen LogP) is 6.05. The van der Waals surface area contributed by atoms with Gasteiger partial charge in [0.2, 0.25) is 0 Å². The first-order valence-corrected chi connectivity index (χ1v) is 8.38. The van der Waals surface area contributed by atoms with Crippen LogP contribution in [0.4, 0.5) is 22.7 Å². The van der Waals surface area contributed by atoms with Crippen molar-refractivity contribution in [2.24, 2.45) is 0 Å². The SMILES string of the molecule is [Ir].[c-]1ccccc1N1[CH-]N(c2ccccc2)c2cc3ccccc3cc21. The van der Waals surface area contributed by atoms with Crippen LogP contribution in [0.15, 0.2) is 91.0 Å². The molecule has 2 nitrogen and oxygen atoms in total. The monoisotopic (exact) mass is 513 g/mol. The molecule has 0 atom stereocenters. The number of anilines is 4. The van der Waals surface area contributed by atoms with Crippen LogP contribution in [0.1, 0.15) is 0 Å². The van der Waals surface area contributed by atoms with Crippen LogP contribution in [-0.2, 0) is 20.1 Å². The van der Waals surface area contributed by atoms with Gasteiger partial charge in [-0.3, -0.25) is 0 Å². The van der Waals surface area contributed by atoms with Crippen LogP contribution in [0, 0.1) is 12.7 Å². The van der Waals surface area contributed by atoms with Gasteiger partial charge in [-0.05, 0) is 35.0 Å². The minimum absolute atomic E-state index is 0. The van der Waals surface area contributed by atoms with Crippen molar-refractivity contribution >= 4 is 33.5 Å². The molecule has 1 aliphatic rings. The van der Waals surface area contributed by atoms with E-state index >= 15 is 0 Å². The summed E-state index contributed by atoms with van der Waals surface area (Å²) in [6, 6.07) is 34.9. The van der Waals surface area contributed by atoms with Crippen LogP contribution in [-0.4, -0.2) is 0 Å². The van der Waals surface area contributed by atoms with Gasteiger partial charge in [0.25, 0.3) is 0 Å². The molecular weight excluding hydrogens is 496 g/mol. The Hall–Kier alpha value is -2.61. The third-order valence-corrected chi connectivity index (χ3v) is 4.58. The van der Waals surface area contributed by atoms with Crippen molar-refractivity contribution in [2.45, 2.75) is 0 Å². The van der Waals surface area contributed by atoms with E-state index in [4.69, 9.17) is 0 Å². The average Bonchev–Trinajstić information content (AvgIpc) is 3.06. The Kier molecular flexibility index (Phi) is 4.50. The van der Waals surface area contributed by atoms with Gasteiger partial charge in [-0.15, -0.1) is 12.4 Å². The Balaban J connectivity index is 0.00000168. The number of fused-ring (bicyclic) bond motifs is 2. The molecular formula is C23H16IrN2-2. The first kappa shape index (κ1) is 16.8. The van der Waals surface area contributed by atoms with Crippen LogP contribution in [0.2, 0.25) is 0 Å². The van der Waals surface area contributed by atoms with E-state index in [9.17, 15) is 0 Å². The molecule has 0 saturated heterocycles. The maximum atomic E-state index is 3.34. The second-order valence-electron chi connectivity index (χ2n) is 6.13. The molecule has 129 valence electrons. The molecule has 0 bridgehead atoms. The third-order valence-electron chi connectivity index (χ3n) is 4.58. The van der Waals surface area contributed by atoms with E-state index < -0.39 is 0 Å². The quantitative estimate of drug-likeness (QED) is 0.302. The molecule has 0 fully saturated rings. The average molecular weight is 513 g/mol. The van der Waals surface area contributed by atoms with Crippen molar-refractivity contribution in [1.29, 1.82) is 0 Å². The van der Waals surface area contributed by atoms with Crippen molar-refractivity contribution in [2.75, 3.05) is 9.80 Å². The van der Waals surface area contributed by atoms with Crippen LogP contribution in [0.5, 0.6) is 0 Å². The molecule has 0 aromatic heterocycles. The summed E-state index contributed by atoms with van der Waals surface area (Å²) >= 11 is 0. The van der Waals surface area contributed by atoms with Crippen LogP contribution in [0.3, 0.4) is 0 Å². The number of para-hydroxylation sites is 2. The molecule has 0 saturated carbocycles. The van der Waals surface area contributed by atoms with Crippen molar-refractivity contribution in [1.82, 2.24) is 0 Å². The van der Waals surface area contributed by atoms with Crippen LogP contribution < -0.4 is 9.80 Å². The molecule has 0 aliphatic carbocycles. The Morgan fingerprint density at radius 3 is 1.92 bits per heavy atom. The van der Waals surface area contributed by atoms with Crippen LogP contribution >= 0.6 is 0 Å². The van der Waals surface area contributed by atoms with E-state index in [1.807, 2.05) is 24.3 Å². The topological polar surface area (TPSA) is 6.48 Å². The van der Waals surface area contributed by atoms with Gasteiger partial charge >= 0.3 is 0 Å². The zero-order valence-electron chi connectivity index (χ0n) is 14.0. The molecule has 1 radical (unpaired) electrons. The van der Waals surface area contributed by atoms with Gasteiger partial charge in [-0.2, -0.15) is 30.3 Å². The normalized spacial score (nSPS) is 12.8. The number of rotatable bonds is 2. The van der Waals surface area contributed by atoms with Gasteiger partial charge in [-0.1, -0.05) is 42.5 Å². The van der Waals surface area contributed by atoms with Gasteiger partial charge in [-0.25, -0.2) is 0 Å². The third kappa shape index (κ3) is 2.80. The van der Waals surface area contributed by atoms with Crippen molar-refractivity contribution in [3.8, 4) is 0 Å². The number of hydrogen-bond acceptors (Lipinski definition) is 2. The maximum absolute atomic E-state index is 3.34. The summed E-state index contributed by atoms with van der Waals surface area (Å²) in [6.45, 7) is 2.14. The fourth-order valence-electron chi connectivity index (χ4n) is 3.36. The molecule has 1 aliphatic heterocycles. The van der Waals surface area contributed by atoms with Gasteiger partial charge in [0, 0.05) is 37.2 Å². The van der Waals surface area contributed by atoms with Gasteiger partial charge in [0.15, 0.2) is 0 Å².